The van der Waals surface area contributed by atoms with Gasteiger partial charge >= 0.3 is 0 Å². The number of rotatable bonds is 9. The monoisotopic (exact) mass is 347 g/mol. The molecule has 0 spiro atoms. The predicted octanol–water partition coefficient (Wildman–Crippen LogP) is 2.19. The summed E-state index contributed by atoms with van der Waals surface area (Å²) in [5.74, 6) is -0.384. The van der Waals surface area contributed by atoms with Gasteiger partial charge in [0.1, 0.15) is 12.1 Å². The van der Waals surface area contributed by atoms with Gasteiger partial charge in [0.15, 0.2) is 0 Å². The third kappa shape index (κ3) is 5.81. The minimum absolute atomic E-state index is 0.179. The SMILES string of the molecule is CCCCCCC(=O)NC(C(=O)N1CCCC1)[C@@H](O)c1ccncc1. The van der Waals surface area contributed by atoms with Gasteiger partial charge in [0.05, 0.1) is 0 Å². The van der Waals surface area contributed by atoms with Crippen LogP contribution in [-0.4, -0.2) is 45.9 Å². The molecule has 2 atom stereocenters. The van der Waals surface area contributed by atoms with E-state index in [4.69, 9.17) is 0 Å². The van der Waals surface area contributed by atoms with Crippen molar-refractivity contribution in [3.8, 4) is 0 Å². The lowest BCUT2D eigenvalue weighted by Gasteiger charge is -2.28. The summed E-state index contributed by atoms with van der Waals surface area (Å²) in [6.45, 7) is 3.49. The first-order valence-corrected chi connectivity index (χ1v) is 9.29. The molecule has 1 unspecified atom stereocenters. The average molecular weight is 347 g/mol. The number of nitrogens with one attached hydrogen (secondary N) is 1. The van der Waals surface area contributed by atoms with Crippen molar-refractivity contribution >= 4 is 11.8 Å². The van der Waals surface area contributed by atoms with Gasteiger partial charge in [-0.15, -0.1) is 0 Å². The van der Waals surface area contributed by atoms with Crippen molar-refractivity contribution in [3.63, 3.8) is 0 Å². The van der Waals surface area contributed by atoms with E-state index in [-0.39, 0.29) is 11.8 Å². The number of likely N-dealkylation sites (tertiary alicyclic amines) is 1. The van der Waals surface area contributed by atoms with Gasteiger partial charge in [-0.05, 0) is 37.0 Å². The fourth-order valence-corrected chi connectivity index (χ4v) is 3.12. The van der Waals surface area contributed by atoms with Crippen molar-refractivity contribution < 1.29 is 14.7 Å². The van der Waals surface area contributed by atoms with Crippen LogP contribution in [0.1, 0.15) is 63.5 Å². The number of unbranched alkanes of at least 4 members (excludes halogenated alkanes) is 3. The topological polar surface area (TPSA) is 82.5 Å². The first-order valence-electron chi connectivity index (χ1n) is 9.29. The van der Waals surface area contributed by atoms with Crippen molar-refractivity contribution in [2.24, 2.45) is 0 Å². The van der Waals surface area contributed by atoms with E-state index in [1.165, 1.54) is 0 Å². The number of aromatic nitrogens is 1. The zero-order valence-corrected chi connectivity index (χ0v) is 15.0. The second kappa shape index (κ2) is 10.1. The first-order chi connectivity index (χ1) is 12.1. The van der Waals surface area contributed by atoms with Crippen LogP contribution >= 0.6 is 0 Å². The normalized spacial score (nSPS) is 16.5. The van der Waals surface area contributed by atoms with Crippen LogP contribution in [-0.2, 0) is 9.59 Å². The van der Waals surface area contributed by atoms with E-state index in [1.54, 1.807) is 29.4 Å². The Morgan fingerprint density at radius 3 is 2.52 bits per heavy atom. The fraction of sp³-hybridized carbons (Fsp3) is 0.632. The lowest BCUT2D eigenvalue weighted by molar-refractivity contribution is -0.139. The van der Waals surface area contributed by atoms with Gasteiger partial charge in [-0.1, -0.05) is 26.2 Å². The molecule has 1 fully saturated rings. The van der Waals surface area contributed by atoms with Crippen molar-refractivity contribution in [1.82, 2.24) is 15.2 Å². The van der Waals surface area contributed by atoms with Crippen LogP contribution in [0.15, 0.2) is 24.5 Å². The van der Waals surface area contributed by atoms with E-state index in [9.17, 15) is 14.7 Å². The predicted molar refractivity (Wildman–Crippen MR) is 95.7 cm³/mol. The number of hydrogen-bond donors (Lipinski definition) is 2. The van der Waals surface area contributed by atoms with Gasteiger partial charge in [-0.25, -0.2) is 0 Å². The second-order valence-corrected chi connectivity index (χ2v) is 6.61. The molecule has 1 saturated heterocycles. The van der Waals surface area contributed by atoms with Gasteiger partial charge in [0.25, 0.3) is 0 Å². The van der Waals surface area contributed by atoms with Crippen LogP contribution < -0.4 is 5.32 Å². The highest BCUT2D eigenvalue weighted by molar-refractivity contribution is 5.88. The molecule has 0 radical (unpaired) electrons. The molecule has 1 aliphatic heterocycles. The van der Waals surface area contributed by atoms with Gasteiger partial charge in [0, 0.05) is 31.9 Å². The van der Waals surface area contributed by atoms with Crippen LogP contribution in [0.5, 0.6) is 0 Å². The van der Waals surface area contributed by atoms with E-state index in [0.717, 1.165) is 38.5 Å². The quantitative estimate of drug-likeness (QED) is 0.671. The molecule has 138 valence electrons. The maximum atomic E-state index is 12.8. The maximum absolute atomic E-state index is 12.8. The summed E-state index contributed by atoms with van der Waals surface area (Å²) < 4.78 is 0. The largest absolute Gasteiger partial charge is 0.386 e. The Labute approximate surface area is 149 Å². The Kier molecular flexibility index (Phi) is 7.85. The number of hydrogen-bond acceptors (Lipinski definition) is 4. The summed E-state index contributed by atoms with van der Waals surface area (Å²) in [5.41, 5.74) is 0.582. The van der Waals surface area contributed by atoms with Crippen LogP contribution in [0.4, 0.5) is 0 Å². The molecular formula is C19H29N3O3. The van der Waals surface area contributed by atoms with Crippen molar-refractivity contribution in [1.29, 1.82) is 0 Å². The van der Waals surface area contributed by atoms with Crippen LogP contribution in [0.25, 0.3) is 0 Å². The van der Waals surface area contributed by atoms with Gasteiger partial charge in [0.2, 0.25) is 11.8 Å². The first kappa shape index (κ1) is 19.4. The molecule has 6 heteroatoms. The Morgan fingerprint density at radius 2 is 1.88 bits per heavy atom. The molecule has 25 heavy (non-hydrogen) atoms. The maximum Gasteiger partial charge on any atom is 0.248 e. The molecule has 1 aliphatic rings. The fourth-order valence-electron chi connectivity index (χ4n) is 3.12. The molecule has 0 aliphatic carbocycles. The molecule has 0 bridgehead atoms. The van der Waals surface area contributed by atoms with E-state index in [0.29, 0.717) is 25.1 Å². The van der Waals surface area contributed by atoms with Crippen molar-refractivity contribution in [2.45, 2.75) is 64.0 Å². The zero-order valence-electron chi connectivity index (χ0n) is 15.0. The third-order valence-corrected chi connectivity index (χ3v) is 4.62. The van der Waals surface area contributed by atoms with Crippen LogP contribution in [0.3, 0.4) is 0 Å². The number of pyridine rings is 1. The highest BCUT2D eigenvalue weighted by Gasteiger charge is 2.33. The molecule has 2 N–H and O–H groups in total. The highest BCUT2D eigenvalue weighted by atomic mass is 16.3. The highest BCUT2D eigenvalue weighted by Crippen LogP contribution is 2.20. The molecular weight excluding hydrogens is 318 g/mol. The van der Waals surface area contributed by atoms with E-state index < -0.39 is 12.1 Å². The Bertz CT molecular complexity index is 544. The smallest absolute Gasteiger partial charge is 0.248 e. The van der Waals surface area contributed by atoms with Gasteiger partial charge in [-0.3, -0.25) is 14.6 Å². The van der Waals surface area contributed by atoms with Crippen molar-refractivity contribution in [3.05, 3.63) is 30.1 Å². The number of carbonyl (C=O) groups is 2. The van der Waals surface area contributed by atoms with Gasteiger partial charge in [-0.2, -0.15) is 0 Å². The minimum Gasteiger partial charge on any atom is -0.386 e. The summed E-state index contributed by atoms with van der Waals surface area (Å²) >= 11 is 0. The zero-order chi connectivity index (χ0) is 18.1. The van der Waals surface area contributed by atoms with Crippen molar-refractivity contribution in [2.75, 3.05) is 13.1 Å². The second-order valence-electron chi connectivity index (χ2n) is 6.61. The van der Waals surface area contributed by atoms with E-state index in [1.807, 2.05) is 0 Å². The molecule has 1 aromatic heterocycles. The number of aliphatic hydroxyl groups is 1. The molecule has 0 aromatic carbocycles. The number of carbonyl (C=O) groups excluding carboxylic acids is 2. The molecule has 6 nitrogen and oxygen atoms in total. The molecule has 2 amide bonds. The molecule has 0 saturated carbocycles. The van der Waals surface area contributed by atoms with Crippen LogP contribution in [0.2, 0.25) is 0 Å². The Hall–Kier alpha value is -1.95. The summed E-state index contributed by atoms with van der Waals surface area (Å²) in [5, 5.41) is 13.4. The summed E-state index contributed by atoms with van der Waals surface area (Å²) in [6.07, 6.45) is 8.40. The molecule has 1 aromatic rings. The lowest BCUT2D eigenvalue weighted by Crippen LogP contribution is -2.51. The number of aliphatic hydroxyl groups excluding tert-OH is 1. The Morgan fingerprint density at radius 1 is 1.20 bits per heavy atom. The minimum atomic E-state index is -1.07. The van der Waals surface area contributed by atoms with Crippen LogP contribution in [0, 0.1) is 0 Å². The molecule has 2 rings (SSSR count). The summed E-state index contributed by atoms with van der Waals surface area (Å²) in [6, 6.07) is 2.39. The lowest BCUT2D eigenvalue weighted by atomic mass is 10.0. The third-order valence-electron chi connectivity index (χ3n) is 4.62. The Balaban J connectivity index is 2.03. The molecule has 2 heterocycles. The number of nitrogens with zero attached hydrogens (tertiary/aromatic N) is 2. The summed E-state index contributed by atoms with van der Waals surface area (Å²) in [7, 11) is 0. The summed E-state index contributed by atoms with van der Waals surface area (Å²) in [4.78, 5) is 30.7. The average Bonchev–Trinajstić information content (AvgIpc) is 3.18. The number of amides is 2. The van der Waals surface area contributed by atoms with Gasteiger partial charge < -0.3 is 15.3 Å². The van der Waals surface area contributed by atoms with E-state index >= 15 is 0 Å². The standard InChI is InChI=1S/C19H29N3O3/c1-2-3-4-5-8-16(23)21-17(19(25)22-13-6-7-14-22)18(24)15-9-11-20-12-10-15/h9-12,17-18,24H,2-8,13-14H2,1H3,(H,21,23)/t17?,18-/m0/s1. The van der Waals surface area contributed by atoms with E-state index in [2.05, 4.69) is 17.2 Å².